The molecule has 0 spiro atoms. The Kier molecular flexibility index (Phi) is 6.09. The number of unbranched alkanes of at least 4 members (excludes halogenated alkanes) is 3. The summed E-state index contributed by atoms with van der Waals surface area (Å²) in [7, 11) is 0. The zero-order valence-electron chi connectivity index (χ0n) is 8.47. The molecule has 0 aliphatic rings. The molecule has 12 heavy (non-hydrogen) atoms. The van der Waals surface area contributed by atoms with Crippen molar-refractivity contribution in [2.75, 3.05) is 6.61 Å². The molecule has 1 unspecified atom stereocenters. The highest BCUT2D eigenvalue weighted by Crippen LogP contribution is 2.24. The zero-order valence-corrected chi connectivity index (χ0v) is 8.47. The Morgan fingerprint density at radius 1 is 1.33 bits per heavy atom. The molecule has 0 rings (SSSR count). The molecule has 1 N–H and O–H groups in total. The zero-order chi connectivity index (χ0) is 9.45. The monoisotopic (exact) mass is 170 g/mol. The van der Waals surface area contributed by atoms with E-state index in [2.05, 4.69) is 20.4 Å². The van der Waals surface area contributed by atoms with Crippen LogP contribution in [-0.4, -0.2) is 11.7 Å². The fourth-order valence-electron chi connectivity index (χ4n) is 1.20. The fourth-order valence-corrected chi connectivity index (χ4v) is 1.20. The van der Waals surface area contributed by atoms with Gasteiger partial charge in [-0.2, -0.15) is 0 Å². The lowest BCUT2D eigenvalue weighted by molar-refractivity contribution is 0.172. The van der Waals surface area contributed by atoms with E-state index in [0.717, 1.165) is 6.42 Å². The molecule has 0 aromatic carbocycles. The quantitative estimate of drug-likeness (QED) is 0.459. The molecule has 0 aliphatic heterocycles. The molecule has 72 valence electrons. The highest BCUT2D eigenvalue weighted by Gasteiger charge is 2.17. The predicted molar refractivity (Wildman–Crippen MR) is 54.1 cm³/mol. The van der Waals surface area contributed by atoms with Crippen LogP contribution in [0.15, 0.2) is 12.7 Å². The van der Waals surface area contributed by atoms with Gasteiger partial charge in [-0.05, 0) is 6.42 Å². The Labute approximate surface area is 76.5 Å². The van der Waals surface area contributed by atoms with Gasteiger partial charge in [-0.25, -0.2) is 0 Å². The number of hydrogen-bond donors (Lipinski definition) is 1. The van der Waals surface area contributed by atoms with E-state index in [-0.39, 0.29) is 12.0 Å². The van der Waals surface area contributed by atoms with Gasteiger partial charge < -0.3 is 5.11 Å². The standard InChI is InChI=1S/C11H22O/c1-4-6-7-8-9-11(3,5-2)10-12/h5,12H,2,4,6-10H2,1,3H3. The van der Waals surface area contributed by atoms with E-state index in [4.69, 9.17) is 5.11 Å². The Morgan fingerprint density at radius 2 is 2.00 bits per heavy atom. The lowest BCUT2D eigenvalue weighted by Gasteiger charge is -2.22. The predicted octanol–water partition coefficient (Wildman–Crippen LogP) is 3.14. The first kappa shape index (κ1) is 11.7. The fraction of sp³-hybridized carbons (Fsp3) is 0.818. The lowest BCUT2D eigenvalue weighted by atomic mass is 9.86. The first-order chi connectivity index (χ1) is 5.68. The summed E-state index contributed by atoms with van der Waals surface area (Å²) in [4.78, 5) is 0. The van der Waals surface area contributed by atoms with Gasteiger partial charge in [0.2, 0.25) is 0 Å². The van der Waals surface area contributed by atoms with Crippen molar-refractivity contribution >= 4 is 0 Å². The lowest BCUT2D eigenvalue weighted by Crippen LogP contribution is -2.17. The average molecular weight is 170 g/mol. The number of rotatable bonds is 7. The second-order valence-electron chi connectivity index (χ2n) is 3.83. The minimum atomic E-state index is -0.0479. The number of aliphatic hydroxyl groups excluding tert-OH is 1. The SMILES string of the molecule is C=CC(C)(CO)CCCCCC. The Morgan fingerprint density at radius 3 is 2.42 bits per heavy atom. The van der Waals surface area contributed by atoms with E-state index in [0.29, 0.717) is 0 Å². The molecule has 0 aromatic heterocycles. The summed E-state index contributed by atoms with van der Waals surface area (Å²) in [5.41, 5.74) is -0.0479. The van der Waals surface area contributed by atoms with Crippen molar-refractivity contribution in [1.29, 1.82) is 0 Å². The molecular formula is C11H22O. The molecule has 1 atom stereocenters. The van der Waals surface area contributed by atoms with Gasteiger partial charge in [-0.1, -0.05) is 45.6 Å². The van der Waals surface area contributed by atoms with E-state index >= 15 is 0 Å². The first-order valence-corrected chi connectivity index (χ1v) is 4.93. The third-order valence-electron chi connectivity index (χ3n) is 2.46. The van der Waals surface area contributed by atoms with Gasteiger partial charge >= 0.3 is 0 Å². The molecule has 1 heteroatoms. The van der Waals surface area contributed by atoms with Gasteiger partial charge in [0.15, 0.2) is 0 Å². The van der Waals surface area contributed by atoms with E-state index in [1.165, 1.54) is 25.7 Å². The second-order valence-corrected chi connectivity index (χ2v) is 3.83. The third-order valence-corrected chi connectivity index (χ3v) is 2.46. The number of aliphatic hydroxyl groups is 1. The van der Waals surface area contributed by atoms with Crippen LogP contribution in [0.1, 0.15) is 46.0 Å². The topological polar surface area (TPSA) is 20.2 Å². The van der Waals surface area contributed by atoms with Crippen LogP contribution in [0.2, 0.25) is 0 Å². The molecule has 0 bridgehead atoms. The molecule has 0 fully saturated rings. The summed E-state index contributed by atoms with van der Waals surface area (Å²) in [5, 5.41) is 9.07. The van der Waals surface area contributed by atoms with Crippen molar-refractivity contribution in [3.63, 3.8) is 0 Å². The maximum absolute atomic E-state index is 9.07. The van der Waals surface area contributed by atoms with Crippen molar-refractivity contribution in [3.05, 3.63) is 12.7 Å². The van der Waals surface area contributed by atoms with Gasteiger partial charge in [0.05, 0.1) is 6.61 Å². The number of hydrogen-bond acceptors (Lipinski definition) is 1. The van der Waals surface area contributed by atoms with Crippen LogP contribution in [0.25, 0.3) is 0 Å². The summed E-state index contributed by atoms with van der Waals surface area (Å²) in [5.74, 6) is 0. The normalized spacial score (nSPS) is 15.6. The Bertz CT molecular complexity index is 120. The van der Waals surface area contributed by atoms with Gasteiger partial charge in [-0.3, -0.25) is 0 Å². The van der Waals surface area contributed by atoms with Crippen LogP contribution < -0.4 is 0 Å². The maximum atomic E-state index is 9.07. The maximum Gasteiger partial charge on any atom is 0.0519 e. The molecule has 0 saturated heterocycles. The van der Waals surface area contributed by atoms with Crippen LogP contribution >= 0.6 is 0 Å². The Hall–Kier alpha value is -0.300. The first-order valence-electron chi connectivity index (χ1n) is 4.93. The molecule has 0 saturated carbocycles. The van der Waals surface area contributed by atoms with Crippen molar-refractivity contribution < 1.29 is 5.11 Å². The molecule has 0 aromatic rings. The Balaban J connectivity index is 3.51. The minimum absolute atomic E-state index is 0.0479. The van der Waals surface area contributed by atoms with Crippen molar-refractivity contribution in [3.8, 4) is 0 Å². The summed E-state index contributed by atoms with van der Waals surface area (Å²) < 4.78 is 0. The van der Waals surface area contributed by atoms with E-state index < -0.39 is 0 Å². The van der Waals surface area contributed by atoms with Gasteiger partial charge in [0, 0.05) is 5.41 Å². The molecule has 0 aliphatic carbocycles. The van der Waals surface area contributed by atoms with Crippen molar-refractivity contribution in [2.24, 2.45) is 5.41 Å². The van der Waals surface area contributed by atoms with E-state index in [1.807, 2.05) is 6.08 Å². The van der Waals surface area contributed by atoms with Crippen LogP contribution in [-0.2, 0) is 0 Å². The largest absolute Gasteiger partial charge is 0.395 e. The average Bonchev–Trinajstić information content (AvgIpc) is 2.12. The molecule has 0 heterocycles. The van der Waals surface area contributed by atoms with Gasteiger partial charge in [-0.15, -0.1) is 6.58 Å². The van der Waals surface area contributed by atoms with Crippen LogP contribution in [0, 0.1) is 5.41 Å². The molecule has 0 radical (unpaired) electrons. The summed E-state index contributed by atoms with van der Waals surface area (Å²) in [6.07, 6.45) is 7.99. The van der Waals surface area contributed by atoms with Gasteiger partial charge in [0.25, 0.3) is 0 Å². The molecule has 0 amide bonds. The van der Waals surface area contributed by atoms with Gasteiger partial charge in [0.1, 0.15) is 0 Å². The highest BCUT2D eigenvalue weighted by atomic mass is 16.3. The van der Waals surface area contributed by atoms with E-state index in [9.17, 15) is 0 Å². The molecule has 1 nitrogen and oxygen atoms in total. The van der Waals surface area contributed by atoms with Crippen LogP contribution in [0.5, 0.6) is 0 Å². The van der Waals surface area contributed by atoms with Crippen LogP contribution in [0.4, 0.5) is 0 Å². The van der Waals surface area contributed by atoms with E-state index in [1.54, 1.807) is 0 Å². The second kappa shape index (κ2) is 6.24. The van der Waals surface area contributed by atoms with Crippen molar-refractivity contribution in [1.82, 2.24) is 0 Å². The van der Waals surface area contributed by atoms with Crippen LogP contribution in [0.3, 0.4) is 0 Å². The summed E-state index contributed by atoms with van der Waals surface area (Å²) >= 11 is 0. The smallest absolute Gasteiger partial charge is 0.0519 e. The summed E-state index contributed by atoms with van der Waals surface area (Å²) in [6, 6.07) is 0. The molecular weight excluding hydrogens is 148 g/mol. The highest BCUT2D eigenvalue weighted by molar-refractivity contribution is 4.90. The third kappa shape index (κ3) is 4.55. The minimum Gasteiger partial charge on any atom is -0.395 e. The summed E-state index contributed by atoms with van der Waals surface area (Å²) in [6.45, 7) is 8.24. The van der Waals surface area contributed by atoms with Crippen molar-refractivity contribution in [2.45, 2.75) is 46.0 Å².